The molecule has 102 valence electrons. The lowest BCUT2D eigenvalue weighted by atomic mass is 10.2. The number of alkyl halides is 3. The summed E-state index contributed by atoms with van der Waals surface area (Å²) in [6.07, 6.45) is -4.44. The van der Waals surface area contributed by atoms with E-state index < -0.39 is 11.9 Å². The van der Waals surface area contributed by atoms with Crippen LogP contribution in [-0.2, 0) is 6.18 Å². The van der Waals surface area contributed by atoms with Gasteiger partial charge in [0.25, 0.3) is 0 Å². The molecule has 19 heavy (non-hydrogen) atoms. The molecular weight excluding hydrogens is 257 g/mol. The average Bonchev–Trinajstić information content (AvgIpc) is 2.75. The van der Waals surface area contributed by atoms with Gasteiger partial charge in [-0.2, -0.15) is 13.2 Å². The number of hydrogen-bond acceptors (Lipinski definition) is 3. The lowest BCUT2D eigenvalue weighted by Crippen LogP contribution is -2.12. The molecule has 2 rings (SSSR count). The summed E-state index contributed by atoms with van der Waals surface area (Å²) in [6.45, 7) is 3.60. The van der Waals surface area contributed by atoms with Crippen molar-refractivity contribution >= 4 is 5.82 Å². The molecule has 1 N–H and O–H groups in total. The monoisotopic (exact) mass is 270 g/mol. The number of rotatable bonds is 3. The highest BCUT2D eigenvalue weighted by molar-refractivity contribution is 5.38. The van der Waals surface area contributed by atoms with E-state index in [1.165, 1.54) is 12.1 Å². The van der Waals surface area contributed by atoms with Gasteiger partial charge in [-0.25, -0.2) is 4.98 Å². The lowest BCUT2D eigenvalue weighted by Gasteiger charge is -2.13. The summed E-state index contributed by atoms with van der Waals surface area (Å²) < 4.78 is 43.0. The Morgan fingerprint density at radius 2 is 1.95 bits per heavy atom. The van der Waals surface area contributed by atoms with Gasteiger partial charge in [0.2, 0.25) is 0 Å². The minimum atomic E-state index is -4.44. The van der Waals surface area contributed by atoms with Crippen molar-refractivity contribution in [2.75, 3.05) is 5.32 Å². The molecule has 0 fully saturated rings. The zero-order valence-electron chi connectivity index (χ0n) is 10.5. The summed E-state index contributed by atoms with van der Waals surface area (Å²) in [4.78, 5) is 3.54. The summed E-state index contributed by atoms with van der Waals surface area (Å²) in [5.41, 5.74) is -0.916. The average molecular weight is 270 g/mol. The quantitative estimate of drug-likeness (QED) is 0.909. The van der Waals surface area contributed by atoms with Crippen molar-refractivity contribution in [1.82, 2.24) is 4.98 Å². The third-order valence-electron chi connectivity index (χ3n) is 2.59. The Morgan fingerprint density at radius 3 is 2.53 bits per heavy atom. The summed E-state index contributed by atoms with van der Waals surface area (Å²) in [5, 5.41) is 2.88. The first-order valence-electron chi connectivity index (χ1n) is 5.73. The Hall–Kier alpha value is -1.98. The molecule has 2 aromatic heterocycles. The first-order valence-corrected chi connectivity index (χ1v) is 5.73. The van der Waals surface area contributed by atoms with Crippen molar-refractivity contribution in [2.24, 2.45) is 0 Å². The van der Waals surface area contributed by atoms with Gasteiger partial charge in [-0.1, -0.05) is 6.07 Å². The largest absolute Gasteiger partial charge is 0.464 e. The van der Waals surface area contributed by atoms with Crippen LogP contribution in [0.3, 0.4) is 0 Å². The maximum absolute atomic E-state index is 12.5. The Labute approximate surface area is 108 Å². The molecule has 1 atom stereocenters. The van der Waals surface area contributed by atoms with E-state index in [4.69, 9.17) is 4.42 Å². The van der Waals surface area contributed by atoms with Gasteiger partial charge in [0.05, 0.1) is 6.04 Å². The SMILES string of the molecule is Cc1ccc(C(C)Nc2cccc(C(F)(F)F)n2)o1. The minimum absolute atomic E-state index is 0.163. The van der Waals surface area contributed by atoms with Crippen LogP contribution in [0.5, 0.6) is 0 Å². The molecule has 0 radical (unpaired) electrons. The maximum atomic E-state index is 12.5. The van der Waals surface area contributed by atoms with Crippen LogP contribution < -0.4 is 5.32 Å². The molecule has 1 unspecified atom stereocenters. The fraction of sp³-hybridized carbons (Fsp3) is 0.308. The van der Waals surface area contributed by atoms with Gasteiger partial charge in [0.1, 0.15) is 23.0 Å². The number of hydrogen-bond donors (Lipinski definition) is 1. The molecule has 6 heteroatoms. The van der Waals surface area contributed by atoms with Gasteiger partial charge in [-0.15, -0.1) is 0 Å². The maximum Gasteiger partial charge on any atom is 0.433 e. The summed E-state index contributed by atoms with van der Waals surface area (Å²) in [7, 11) is 0. The van der Waals surface area contributed by atoms with Crippen LogP contribution in [0, 0.1) is 6.92 Å². The van der Waals surface area contributed by atoms with E-state index in [2.05, 4.69) is 10.3 Å². The third-order valence-corrected chi connectivity index (χ3v) is 2.59. The number of nitrogens with zero attached hydrogens (tertiary/aromatic N) is 1. The van der Waals surface area contributed by atoms with Gasteiger partial charge in [0, 0.05) is 0 Å². The zero-order chi connectivity index (χ0) is 14.0. The Balaban J connectivity index is 2.15. The van der Waals surface area contributed by atoms with Crippen molar-refractivity contribution in [3.8, 4) is 0 Å². The molecule has 0 aliphatic rings. The van der Waals surface area contributed by atoms with Crippen molar-refractivity contribution in [2.45, 2.75) is 26.1 Å². The van der Waals surface area contributed by atoms with Crippen LogP contribution in [-0.4, -0.2) is 4.98 Å². The van der Waals surface area contributed by atoms with Gasteiger partial charge < -0.3 is 9.73 Å². The lowest BCUT2D eigenvalue weighted by molar-refractivity contribution is -0.141. The fourth-order valence-electron chi connectivity index (χ4n) is 1.65. The molecule has 2 aromatic rings. The predicted octanol–water partition coefficient (Wildman–Crippen LogP) is 4.17. The van der Waals surface area contributed by atoms with Gasteiger partial charge in [-0.05, 0) is 38.1 Å². The number of furan rings is 1. The number of aromatic nitrogens is 1. The zero-order valence-corrected chi connectivity index (χ0v) is 10.5. The standard InChI is InChI=1S/C13H13F3N2O/c1-8-6-7-10(19-8)9(2)17-12-5-3-4-11(18-12)13(14,15)16/h3-7,9H,1-2H3,(H,17,18). The van der Waals surface area contributed by atoms with Gasteiger partial charge in [0.15, 0.2) is 0 Å². The van der Waals surface area contributed by atoms with Crippen LogP contribution in [0.2, 0.25) is 0 Å². The van der Waals surface area contributed by atoms with E-state index in [9.17, 15) is 13.2 Å². The summed E-state index contributed by atoms with van der Waals surface area (Å²) in [5.74, 6) is 1.56. The highest BCUT2D eigenvalue weighted by Crippen LogP contribution is 2.29. The molecule has 0 aliphatic carbocycles. The molecule has 0 saturated carbocycles. The number of pyridine rings is 1. The first-order chi connectivity index (χ1) is 8.86. The molecule has 0 aliphatic heterocycles. The van der Waals surface area contributed by atoms with Crippen LogP contribution in [0.25, 0.3) is 0 Å². The molecule has 0 bridgehead atoms. The van der Waals surface area contributed by atoms with Gasteiger partial charge in [-0.3, -0.25) is 0 Å². The van der Waals surface area contributed by atoms with E-state index in [-0.39, 0.29) is 11.9 Å². The second-order valence-corrected chi connectivity index (χ2v) is 4.22. The second kappa shape index (κ2) is 4.95. The van der Waals surface area contributed by atoms with Crippen molar-refractivity contribution < 1.29 is 17.6 Å². The van der Waals surface area contributed by atoms with Crippen molar-refractivity contribution in [1.29, 1.82) is 0 Å². The van der Waals surface area contributed by atoms with E-state index >= 15 is 0 Å². The normalized spacial score (nSPS) is 13.3. The molecule has 0 amide bonds. The molecule has 3 nitrogen and oxygen atoms in total. The highest BCUT2D eigenvalue weighted by Gasteiger charge is 2.32. The fourth-order valence-corrected chi connectivity index (χ4v) is 1.65. The molecule has 0 saturated heterocycles. The van der Waals surface area contributed by atoms with E-state index in [0.717, 1.165) is 11.8 Å². The number of aryl methyl sites for hydroxylation is 1. The number of nitrogens with one attached hydrogen (secondary N) is 1. The topological polar surface area (TPSA) is 38.1 Å². The first kappa shape index (κ1) is 13.5. The Bertz CT molecular complexity index is 563. The second-order valence-electron chi connectivity index (χ2n) is 4.22. The summed E-state index contributed by atoms with van der Waals surface area (Å²) >= 11 is 0. The number of anilines is 1. The molecule has 0 aromatic carbocycles. The Kier molecular flexibility index (Phi) is 3.50. The van der Waals surface area contributed by atoms with Crippen LogP contribution in [0.15, 0.2) is 34.7 Å². The minimum Gasteiger partial charge on any atom is -0.464 e. The van der Waals surface area contributed by atoms with Crippen molar-refractivity contribution in [3.63, 3.8) is 0 Å². The van der Waals surface area contributed by atoms with Crippen LogP contribution in [0.1, 0.15) is 30.2 Å². The van der Waals surface area contributed by atoms with Crippen LogP contribution >= 0.6 is 0 Å². The van der Waals surface area contributed by atoms with E-state index in [0.29, 0.717) is 5.76 Å². The van der Waals surface area contributed by atoms with E-state index in [1.54, 1.807) is 26.0 Å². The highest BCUT2D eigenvalue weighted by atomic mass is 19.4. The number of halogens is 3. The summed E-state index contributed by atoms with van der Waals surface area (Å²) in [6, 6.07) is 7.06. The molecular formula is C13H13F3N2O. The smallest absolute Gasteiger partial charge is 0.433 e. The van der Waals surface area contributed by atoms with E-state index in [1.807, 2.05) is 0 Å². The van der Waals surface area contributed by atoms with Crippen molar-refractivity contribution in [3.05, 3.63) is 47.5 Å². The van der Waals surface area contributed by atoms with Gasteiger partial charge >= 0.3 is 6.18 Å². The third kappa shape index (κ3) is 3.27. The predicted molar refractivity (Wildman–Crippen MR) is 64.7 cm³/mol. The van der Waals surface area contributed by atoms with Crippen LogP contribution in [0.4, 0.5) is 19.0 Å². The molecule has 0 spiro atoms. The Morgan fingerprint density at radius 1 is 1.21 bits per heavy atom. The molecule has 2 heterocycles.